The van der Waals surface area contributed by atoms with Gasteiger partial charge in [0.25, 0.3) is 10.2 Å². The molecule has 0 spiro atoms. The summed E-state index contributed by atoms with van der Waals surface area (Å²) >= 11 is 0. The SMILES string of the molecule is CC(C)CN1CCCN(C(=O)Cc2ccccc2)c2ccccc2CN(C(=O)C2COCCN(S(=O)(=O)N(C)C)C2)CC1. The maximum atomic E-state index is 14.2. The predicted octanol–water partition coefficient (Wildman–Crippen LogP) is 2.71. The van der Waals surface area contributed by atoms with Gasteiger partial charge in [-0.3, -0.25) is 9.59 Å². The first-order chi connectivity index (χ1) is 20.6. The molecule has 2 aromatic rings. The summed E-state index contributed by atoms with van der Waals surface area (Å²) in [6.07, 6.45) is 1.10. The number of anilines is 1. The maximum absolute atomic E-state index is 14.2. The zero-order valence-electron chi connectivity index (χ0n) is 26.0. The van der Waals surface area contributed by atoms with Gasteiger partial charge in [0.1, 0.15) is 0 Å². The molecule has 1 fully saturated rings. The number of benzene rings is 2. The minimum atomic E-state index is -3.70. The molecule has 1 unspecified atom stereocenters. The molecule has 2 aliphatic heterocycles. The Morgan fingerprint density at radius 3 is 2.40 bits per heavy atom. The highest BCUT2D eigenvalue weighted by Crippen LogP contribution is 2.26. The summed E-state index contributed by atoms with van der Waals surface area (Å²) in [6.45, 7) is 8.80. The van der Waals surface area contributed by atoms with Crippen molar-refractivity contribution in [1.29, 1.82) is 0 Å². The maximum Gasteiger partial charge on any atom is 0.281 e. The fraction of sp³-hybridized carbons (Fsp3) is 0.562. The molecule has 0 N–H and O–H groups in total. The van der Waals surface area contributed by atoms with Gasteiger partial charge in [-0.1, -0.05) is 62.4 Å². The van der Waals surface area contributed by atoms with E-state index in [1.54, 1.807) is 0 Å². The van der Waals surface area contributed by atoms with E-state index in [-0.39, 0.29) is 38.1 Å². The van der Waals surface area contributed by atoms with Gasteiger partial charge in [0.2, 0.25) is 11.8 Å². The zero-order chi connectivity index (χ0) is 31.0. The number of carbonyl (C=O) groups is 2. The molecule has 2 heterocycles. The first kappa shape index (κ1) is 33.1. The Bertz CT molecular complexity index is 1320. The fourth-order valence-corrected chi connectivity index (χ4v) is 6.92. The lowest BCUT2D eigenvalue weighted by molar-refractivity contribution is -0.138. The molecule has 10 nitrogen and oxygen atoms in total. The van der Waals surface area contributed by atoms with E-state index in [0.717, 1.165) is 36.3 Å². The number of para-hydroxylation sites is 1. The Kier molecular flexibility index (Phi) is 11.7. The summed E-state index contributed by atoms with van der Waals surface area (Å²) in [7, 11) is -0.705. The molecular formula is C32H47N5O5S. The fourth-order valence-electron chi connectivity index (χ4n) is 5.78. The predicted molar refractivity (Wildman–Crippen MR) is 169 cm³/mol. The minimum Gasteiger partial charge on any atom is -0.379 e. The number of hydrogen-bond acceptors (Lipinski definition) is 6. The Labute approximate surface area is 257 Å². The summed E-state index contributed by atoms with van der Waals surface area (Å²) in [5.41, 5.74) is 2.66. The summed E-state index contributed by atoms with van der Waals surface area (Å²) in [5.74, 6) is -0.305. The molecule has 4 rings (SSSR count). The molecule has 1 saturated heterocycles. The molecule has 2 aromatic carbocycles. The molecule has 0 saturated carbocycles. The second kappa shape index (κ2) is 15.3. The smallest absolute Gasteiger partial charge is 0.281 e. The number of carbonyl (C=O) groups excluding carboxylic acids is 2. The van der Waals surface area contributed by atoms with Crippen LogP contribution >= 0.6 is 0 Å². The van der Waals surface area contributed by atoms with E-state index in [2.05, 4.69) is 18.7 Å². The van der Waals surface area contributed by atoms with Gasteiger partial charge in [0, 0.05) is 65.6 Å². The topological polar surface area (TPSA) is 93.7 Å². The van der Waals surface area contributed by atoms with Crippen LogP contribution in [0.1, 0.15) is 31.4 Å². The van der Waals surface area contributed by atoms with Gasteiger partial charge in [-0.05, 0) is 36.1 Å². The van der Waals surface area contributed by atoms with Crippen molar-refractivity contribution < 1.29 is 22.7 Å². The van der Waals surface area contributed by atoms with E-state index in [4.69, 9.17) is 4.74 Å². The molecule has 0 aliphatic carbocycles. The van der Waals surface area contributed by atoms with E-state index in [1.165, 1.54) is 22.7 Å². The van der Waals surface area contributed by atoms with Crippen LogP contribution in [-0.4, -0.2) is 112 Å². The molecular weight excluding hydrogens is 566 g/mol. The van der Waals surface area contributed by atoms with Gasteiger partial charge in [-0.25, -0.2) is 0 Å². The van der Waals surface area contributed by atoms with Crippen molar-refractivity contribution in [2.24, 2.45) is 11.8 Å². The Balaban J connectivity index is 1.65. The third kappa shape index (κ3) is 8.86. The molecule has 0 aromatic heterocycles. The molecule has 0 bridgehead atoms. The van der Waals surface area contributed by atoms with E-state index >= 15 is 0 Å². The van der Waals surface area contributed by atoms with Gasteiger partial charge in [-0.15, -0.1) is 0 Å². The first-order valence-electron chi connectivity index (χ1n) is 15.2. The lowest BCUT2D eigenvalue weighted by Gasteiger charge is -2.32. The van der Waals surface area contributed by atoms with Crippen molar-refractivity contribution in [3.05, 3.63) is 65.7 Å². The summed E-state index contributed by atoms with van der Waals surface area (Å²) in [5, 5.41) is 0. The number of hydrogen-bond donors (Lipinski definition) is 0. The molecule has 43 heavy (non-hydrogen) atoms. The van der Waals surface area contributed by atoms with Crippen molar-refractivity contribution in [1.82, 2.24) is 18.4 Å². The average Bonchev–Trinajstić information content (AvgIpc) is 3.25. The standard InChI is InChI=1S/C32H47N5O5S/c1-26(2)22-34-15-10-16-37(31(38)21-27-11-6-5-7-12-27)30-14-9-8-13-28(30)23-35(18-17-34)32(39)29-24-36(19-20-42-25-29)43(40,41)33(3)4/h5-9,11-14,26,29H,10,15-25H2,1-4H3. The highest BCUT2D eigenvalue weighted by atomic mass is 32.2. The first-order valence-corrected chi connectivity index (χ1v) is 16.6. The van der Waals surface area contributed by atoms with Crippen LogP contribution in [-0.2, 0) is 37.5 Å². The average molecular weight is 614 g/mol. The van der Waals surface area contributed by atoms with Gasteiger partial charge >= 0.3 is 0 Å². The molecule has 1 atom stereocenters. The van der Waals surface area contributed by atoms with Crippen molar-refractivity contribution >= 4 is 27.7 Å². The number of rotatable bonds is 7. The number of fused-ring (bicyclic) bond motifs is 1. The number of nitrogens with zero attached hydrogens (tertiary/aromatic N) is 5. The summed E-state index contributed by atoms with van der Waals surface area (Å²) < 4.78 is 34.2. The van der Waals surface area contributed by atoms with Crippen LogP contribution in [0, 0.1) is 11.8 Å². The largest absolute Gasteiger partial charge is 0.379 e. The number of ether oxygens (including phenoxy) is 1. The van der Waals surface area contributed by atoms with E-state index in [1.807, 2.05) is 64.4 Å². The van der Waals surface area contributed by atoms with Gasteiger partial charge in [0.05, 0.1) is 25.6 Å². The monoisotopic (exact) mass is 613 g/mol. The van der Waals surface area contributed by atoms with Crippen molar-refractivity contribution in [2.75, 3.05) is 78.0 Å². The summed E-state index contributed by atoms with van der Waals surface area (Å²) in [6, 6.07) is 17.6. The third-order valence-electron chi connectivity index (χ3n) is 7.99. The van der Waals surface area contributed by atoms with Crippen LogP contribution < -0.4 is 4.90 Å². The van der Waals surface area contributed by atoms with Crippen LogP contribution in [0.15, 0.2) is 54.6 Å². The second-order valence-electron chi connectivity index (χ2n) is 12.1. The van der Waals surface area contributed by atoms with Crippen LogP contribution in [0.5, 0.6) is 0 Å². The Hall–Kier alpha value is -2.83. The minimum absolute atomic E-state index is 0.0212. The highest BCUT2D eigenvalue weighted by Gasteiger charge is 2.35. The van der Waals surface area contributed by atoms with E-state index in [9.17, 15) is 18.0 Å². The van der Waals surface area contributed by atoms with Crippen molar-refractivity contribution in [2.45, 2.75) is 33.2 Å². The van der Waals surface area contributed by atoms with Crippen LogP contribution in [0.3, 0.4) is 0 Å². The highest BCUT2D eigenvalue weighted by molar-refractivity contribution is 7.86. The lowest BCUT2D eigenvalue weighted by Crippen LogP contribution is -2.48. The van der Waals surface area contributed by atoms with E-state index < -0.39 is 16.1 Å². The third-order valence-corrected chi connectivity index (χ3v) is 9.89. The molecule has 236 valence electrons. The van der Waals surface area contributed by atoms with Crippen molar-refractivity contribution in [3.63, 3.8) is 0 Å². The Morgan fingerprint density at radius 1 is 0.953 bits per heavy atom. The van der Waals surface area contributed by atoms with Crippen LogP contribution in [0.2, 0.25) is 0 Å². The molecule has 2 amide bonds. The summed E-state index contributed by atoms with van der Waals surface area (Å²) in [4.78, 5) is 34.1. The molecule has 0 radical (unpaired) electrons. The zero-order valence-corrected chi connectivity index (χ0v) is 26.8. The quantitative estimate of drug-likeness (QED) is 0.477. The van der Waals surface area contributed by atoms with Crippen LogP contribution in [0.25, 0.3) is 0 Å². The van der Waals surface area contributed by atoms with Crippen LogP contribution in [0.4, 0.5) is 5.69 Å². The molecule has 11 heteroatoms. The van der Waals surface area contributed by atoms with Gasteiger partial charge in [0.15, 0.2) is 0 Å². The van der Waals surface area contributed by atoms with Crippen molar-refractivity contribution in [3.8, 4) is 0 Å². The lowest BCUT2D eigenvalue weighted by atomic mass is 10.1. The van der Waals surface area contributed by atoms with E-state index in [0.29, 0.717) is 38.5 Å². The molecule has 2 aliphatic rings. The van der Waals surface area contributed by atoms with Gasteiger partial charge in [-0.2, -0.15) is 17.0 Å². The second-order valence-corrected chi connectivity index (χ2v) is 14.2. The Morgan fingerprint density at radius 2 is 1.67 bits per heavy atom. The normalized spacial score (nSPS) is 20.0. The van der Waals surface area contributed by atoms with Gasteiger partial charge < -0.3 is 19.4 Å². The number of amides is 2.